The number of nitrogens with zero attached hydrogens (tertiary/aromatic N) is 1. The smallest absolute Gasteiger partial charge is 0.340 e. The van der Waals surface area contributed by atoms with Crippen molar-refractivity contribution in [2.45, 2.75) is 25.0 Å². The van der Waals surface area contributed by atoms with E-state index in [0.29, 0.717) is 22.5 Å². The van der Waals surface area contributed by atoms with Crippen LogP contribution in [0.25, 0.3) is 0 Å². The number of anilines is 2. The number of fused-ring (bicyclic) bond motifs is 1. The summed E-state index contributed by atoms with van der Waals surface area (Å²) in [5.41, 5.74) is 3.11. The van der Waals surface area contributed by atoms with Gasteiger partial charge in [0.2, 0.25) is 12.1 Å². The van der Waals surface area contributed by atoms with Crippen molar-refractivity contribution in [1.82, 2.24) is 5.16 Å². The normalized spacial score (nSPS) is 15.8. The molecule has 144 valence electrons. The van der Waals surface area contributed by atoms with Crippen molar-refractivity contribution in [2.75, 3.05) is 10.0 Å². The first-order valence-electron chi connectivity index (χ1n) is 8.47. The van der Waals surface area contributed by atoms with E-state index in [1.807, 2.05) is 12.1 Å². The Morgan fingerprint density at radius 1 is 1.04 bits per heavy atom. The lowest BCUT2D eigenvalue weighted by Gasteiger charge is -2.14. The predicted molar refractivity (Wildman–Crippen MR) is 101 cm³/mol. The Morgan fingerprint density at radius 2 is 1.75 bits per heavy atom. The van der Waals surface area contributed by atoms with Gasteiger partial charge in [-0.25, -0.2) is 17.9 Å². The average Bonchev–Trinajstić information content (AvgIpc) is 3.16. The molecular weight excluding hydrogens is 382 g/mol. The summed E-state index contributed by atoms with van der Waals surface area (Å²) >= 11 is 0. The van der Waals surface area contributed by atoms with Gasteiger partial charge in [0, 0.05) is 16.8 Å². The fourth-order valence-electron chi connectivity index (χ4n) is 2.83. The third-order valence-corrected chi connectivity index (χ3v) is 5.88. The van der Waals surface area contributed by atoms with Crippen molar-refractivity contribution in [2.24, 2.45) is 0 Å². The second-order valence-electron chi connectivity index (χ2n) is 6.37. The number of aromatic nitrogens is 1. The molecule has 9 heteroatoms. The number of esters is 1. The molecule has 8 nitrogen and oxygen atoms in total. The fraction of sp³-hybridized carbons (Fsp3) is 0.158. The van der Waals surface area contributed by atoms with E-state index < -0.39 is 22.2 Å². The number of sulfonamides is 1. The van der Waals surface area contributed by atoms with Crippen LogP contribution in [0.4, 0.5) is 11.6 Å². The molecule has 2 N–H and O–H groups in total. The van der Waals surface area contributed by atoms with Crippen LogP contribution in [0.1, 0.15) is 33.4 Å². The van der Waals surface area contributed by atoms with Crippen LogP contribution in [0.3, 0.4) is 0 Å². The summed E-state index contributed by atoms with van der Waals surface area (Å²) in [7, 11) is -3.82. The first-order chi connectivity index (χ1) is 13.3. The molecule has 4 rings (SSSR count). The highest BCUT2D eigenvalue weighted by Gasteiger charge is 2.30. The number of benzene rings is 2. The minimum atomic E-state index is -3.82. The number of aryl methyl sites for hydroxylation is 1. The highest BCUT2D eigenvalue weighted by atomic mass is 32.2. The van der Waals surface area contributed by atoms with Crippen molar-refractivity contribution in [3.8, 4) is 0 Å². The summed E-state index contributed by atoms with van der Waals surface area (Å²) in [4.78, 5) is 12.0. The van der Waals surface area contributed by atoms with Gasteiger partial charge in [0.05, 0.1) is 16.2 Å². The third-order valence-electron chi connectivity index (χ3n) is 4.53. The van der Waals surface area contributed by atoms with Crippen molar-refractivity contribution >= 4 is 27.6 Å². The zero-order valence-corrected chi connectivity index (χ0v) is 15.9. The maximum absolute atomic E-state index is 12.5. The number of cyclic esters (lactones) is 1. The van der Waals surface area contributed by atoms with Gasteiger partial charge in [-0.1, -0.05) is 23.4 Å². The SMILES string of the molecule is Cc1noc(NS(=O)(=O)c2ccc(N[C@@H]3OC(=O)c4ccccc43)cc2)c1C. The van der Waals surface area contributed by atoms with E-state index in [9.17, 15) is 13.2 Å². The van der Waals surface area contributed by atoms with E-state index in [1.54, 1.807) is 38.1 Å². The van der Waals surface area contributed by atoms with Crippen LogP contribution < -0.4 is 10.0 Å². The molecule has 1 aromatic heterocycles. The number of hydrogen-bond acceptors (Lipinski definition) is 7. The molecular formula is C19H17N3O5S. The van der Waals surface area contributed by atoms with E-state index in [4.69, 9.17) is 9.26 Å². The fourth-order valence-corrected chi connectivity index (χ4v) is 3.87. The number of ether oxygens (including phenoxy) is 1. The third kappa shape index (κ3) is 3.20. The topological polar surface area (TPSA) is 111 Å². The molecule has 0 spiro atoms. The molecule has 1 aliphatic heterocycles. The summed E-state index contributed by atoms with van der Waals surface area (Å²) in [5, 5.41) is 6.82. The van der Waals surface area contributed by atoms with Gasteiger partial charge in [-0.05, 0) is 44.2 Å². The Bertz CT molecular complexity index is 1150. The Morgan fingerprint density at radius 3 is 2.43 bits per heavy atom. The van der Waals surface area contributed by atoms with Crippen LogP contribution in [0.2, 0.25) is 0 Å². The van der Waals surface area contributed by atoms with Gasteiger partial charge in [0.15, 0.2) is 0 Å². The molecule has 3 aromatic rings. The summed E-state index contributed by atoms with van der Waals surface area (Å²) in [6.45, 7) is 3.45. The van der Waals surface area contributed by atoms with Gasteiger partial charge in [-0.3, -0.25) is 0 Å². The Balaban J connectivity index is 1.51. The molecule has 1 aliphatic rings. The lowest BCUT2D eigenvalue weighted by molar-refractivity contribution is 0.0437. The molecule has 0 aliphatic carbocycles. The minimum absolute atomic E-state index is 0.0651. The predicted octanol–water partition coefficient (Wildman–Crippen LogP) is 3.37. The van der Waals surface area contributed by atoms with E-state index in [0.717, 1.165) is 5.56 Å². The maximum atomic E-state index is 12.5. The van der Waals surface area contributed by atoms with Gasteiger partial charge in [-0.15, -0.1) is 0 Å². The molecule has 0 amide bonds. The van der Waals surface area contributed by atoms with Crippen molar-refractivity contribution in [1.29, 1.82) is 0 Å². The molecule has 28 heavy (non-hydrogen) atoms. The number of carbonyl (C=O) groups is 1. The molecule has 2 aromatic carbocycles. The zero-order valence-electron chi connectivity index (χ0n) is 15.1. The van der Waals surface area contributed by atoms with Crippen molar-refractivity contribution in [3.63, 3.8) is 0 Å². The molecule has 0 unspecified atom stereocenters. The first-order valence-corrected chi connectivity index (χ1v) is 9.96. The van der Waals surface area contributed by atoms with Gasteiger partial charge in [0.25, 0.3) is 10.0 Å². The largest absolute Gasteiger partial charge is 0.434 e. The Labute approximate surface area is 161 Å². The lowest BCUT2D eigenvalue weighted by atomic mass is 10.1. The van der Waals surface area contributed by atoms with Gasteiger partial charge < -0.3 is 14.6 Å². The lowest BCUT2D eigenvalue weighted by Crippen LogP contribution is -2.14. The Kier molecular flexibility index (Phi) is 4.31. The molecule has 0 fully saturated rings. The highest BCUT2D eigenvalue weighted by molar-refractivity contribution is 7.92. The van der Waals surface area contributed by atoms with Crippen LogP contribution >= 0.6 is 0 Å². The molecule has 0 saturated carbocycles. The molecule has 0 bridgehead atoms. The number of hydrogen-bond donors (Lipinski definition) is 2. The van der Waals surface area contributed by atoms with Crippen LogP contribution in [0.15, 0.2) is 57.9 Å². The van der Waals surface area contributed by atoms with Crippen LogP contribution in [0.5, 0.6) is 0 Å². The number of carbonyl (C=O) groups excluding carboxylic acids is 1. The first kappa shape index (κ1) is 18.1. The number of nitrogens with one attached hydrogen (secondary N) is 2. The standard InChI is InChI=1S/C19H17N3O5S/c1-11-12(2)21-27-17(11)22-28(24,25)14-9-7-13(8-10-14)20-18-15-5-3-4-6-16(15)19(23)26-18/h3-10,18,20,22H,1-2H3/t18-/m1/s1. The molecule has 1 atom stereocenters. The van der Waals surface area contributed by atoms with Crippen molar-refractivity contribution in [3.05, 3.63) is 70.9 Å². The van der Waals surface area contributed by atoms with E-state index in [2.05, 4.69) is 15.2 Å². The van der Waals surface area contributed by atoms with Gasteiger partial charge in [0.1, 0.15) is 0 Å². The van der Waals surface area contributed by atoms with Crippen LogP contribution in [-0.2, 0) is 14.8 Å². The van der Waals surface area contributed by atoms with Crippen LogP contribution in [0, 0.1) is 13.8 Å². The summed E-state index contributed by atoms with van der Waals surface area (Å²) in [6.07, 6.45) is -0.621. The summed E-state index contributed by atoms with van der Waals surface area (Å²) < 4.78 is 37.8. The Hall–Kier alpha value is -3.33. The summed E-state index contributed by atoms with van der Waals surface area (Å²) in [5.74, 6) is -0.302. The zero-order chi connectivity index (χ0) is 19.9. The van der Waals surface area contributed by atoms with E-state index in [1.165, 1.54) is 12.1 Å². The van der Waals surface area contributed by atoms with Crippen molar-refractivity contribution < 1.29 is 22.5 Å². The number of rotatable bonds is 5. The average molecular weight is 399 g/mol. The highest BCUT2D eigenvalue weighted by Crippen LogP contribution is 2.31. The quantitative estimate of drug-likeness (QED) is 0.633. The second-order valence-corrected chi connectivity index (χ2v) is 8.05. The minimum Gasteiger partial charge on any atom is -0.434 e. The maximum Gasteiger partial charge on any atom is 0.340 e. The van der Waals surface area contributed by atoms with Gasteiger partial charge >= 0.3 is 5.97 Å². The molecule has 0 radical (unpaired) electrons. The van der Waals surface area contributed by atoms with E-state index >= 15 is 0 Å². The molecule has 2 heterocycles. The molecule has 0 saturated heterocycles. The van der Waals surface area contributed by atoms with Gasteiger partial charge in [-0.2, -0.15) is 0 Å². The second kappa shape index (κ2) is 6.68. The van der Waals surface area contributed by atoms with E-state index in [-0.39, 0.29) is 10.8 Å². The van der Waals surface area contributed by atoms with Crippen LogP contribution in [-0.4, -0.2) is 19.5 Å². The summed E-state index contributed by atoms with van der Waals surface area (Å²) in [6, 6.07) is 13.2. The monoisotopic (exact) mass is 399 g/mol.